The molecule has 1 atom stereocenters. The molecule has 1 amide bonds. The summed E-state index contributed by atoms with van der Waals surface area (Å²) in [5.74, 6) is -0.547. The number of carbonyl (C=O) groups is 1. The van der Waals surface area contributed by atoms with Gasteiger partial charge in [-0.2, -0.15) is 13.2 Å². The predicted octanol–water partition coefficient (Wildman–Crippen LogP) is 5.02. The van der Waals surface area contributed by atoms with E-state index in [2.05, 4.69) is 21.2 Å². The Morgan fingerprint density at radius 1 is 1.33 bits per heavy atom. The molecule has 1 unspecified atom stereocenters. The number of amides is 1. The molecule has 2 rings (SSSR count). The zero-order chi connectivity index (χ0) is 15.6. The third kappa shape index (κ3) is 3.85. The topological polar surface area (TPSA) is 29.1 Å². The third-order valence-corrected chi connectivity index (χ3v) is 4.60. The summed E-state index contributed by atoms with van der Waals surface area (Å²) in [5, 5.41) is 4.57. The monoisotopic (exact) mass is 377 g/mol. The summed E-state index contributed by atoms with van der Waals surface area (Å²) in [5.41, 5.74) is -0.882. The van der Waals surface area contributed by atoms with Gasteiger partial charge in [0.1, 0.15) is 0 Å². The summed E-state index contributed by atoms with van der Waals surface area (Å²) in [6.07, 6.45) is -4.48. The highest BCUT2D eigenvalue weighted by Gasteiger charge is 2.31. The lowest BCUT2D eigenvalue weighted by Gasteiger charge is -2.14. The number of nitrogens with one attached hydrogen (secondary N) is 1. The smallest absolute Gasteiger partial charge is 0.345 e. The molecular formula is C14H11BrF3NOS. The minimum Gasteiger partial charge on any atom is -0.345 e. The van der Waals surface area contributed by atoms with E-state index in [1.807, 2.05) is 17.5 Å². The van der Waals surface area contributed by atoms with E-state index in [-0.39, 0.29) is 11.6 Å². The maximum atomic E-state index is 12.7. The molecule has 2 nitrogen and oxygen atoms in total. The van der Waals surface area contributed by atoms with Crippen molar-refractivity contribution < 1.29 is 18.0 Å². The first-order chi connectivity index (χ1) is 9.79. The summed E-state index contributed by atoms with van der Waals surface area (Å²) in [7, 11) is 0. The van der Waals surface area contributed by atoms with Gasteiger partial charge < -0.3 is 5.32 Å². The Hall–Kier alpha value is -1.34. The van der Waals surface area contributed by atoms with Gasteiger partial charge in [0.05, 0.1) is 17.2 Å². The van der Waals surface area contributed by atoms with Crippen molar-refractivity contribution in [2.45, 2.75) is 19.1 Å². The number of rotatable bonds is 3. The zero-order valence-corrected chi connectivity index (χ0v) is 13.3. The van der Waals surface area contributed by atoms with Crippen LogP contribution in [0.25, 0.3) is 0 Å². The second-order valence-corrected chi connectivity index (χ2v) is 6.24. The molecule has 0 saturated carbocycles. The van der Waals surface area contributed by atoms with Crippen molar-refractivity contribution in [2.75, 3.05) is 0 Å². The van der Waals surface area contributed by atoms with Gasteiger partial charge in [-0.1, -0.05) is 6.07 Å². The van der Waals surface area contributed by atoms with Gasteiger partial charge in [-0.15, -0.1) is 11.3 Å². The van der Waals surface area contributed by atoms with Crippen molar-refractivity contribution in [2.24, 2.45) is 0 Å². The molecule has 7 heteroatoms. The van der Waals surface area contributed by atoms with E-state index in [9.17, 15) is 18.0 Å². The predicted molar refractivity (Wildman–Crippen MR) is 79.3 cm³/mol. The van der Waals surface area contributed by atoms with Gasteiger partial charge in [0.25, 0.3) is 5.91 Å². The summed E-state index contributed by atoms with van der Waals surface area (Å²) in [4.78, 5) is 13.1. The molecule has 21 heavy (non-hydrogen) atoms. The van der Waals surface area contributed by atoms with Crippen LogP contribution in [0.15, 0.2) is 40.2 Å². The lowest BCUT2D eigenvalue weighted by atomic mass is 10.1. The number of alkyl halides is 3. The summed E-state index contributed by atoms with van der Waals surface area (Å²) in [6, 6.07) is 6.45. The second-order valence-electron chi connectivity index (χ2n) is 4.40. The quantitative estimate of drug-likeness (QED) is 0.799. The van der Waals surface area contributed by atoms with Crippen molar-refractivity contribution in [3.63, 3.8) is 0 Å². The van der Waals surface area contributed by atoms with E-state index >= 15 is 0 Å². The number of thiophene rings is 1. The number of hydrogen-bond acceptors (Lipinski definition) is 2. The Balaban J connectivity index is 2.23. The van der Waals surface area contributed by atoms with Crippen molar-refractivity contribution >= 4 is 33.2 Å². The largest absolute Gasteiger partial charge is 0.416 e. The van der Waals surface area contributed by atoms with E-state index in [0.717, 1.165) is 17.0 Å². The van der Waals surface area contributed by atoms with Crippen molar-refractivity contribution in [3.8, 4) is 0 Å². The van der Waals surface area contributed by atoms with Gasteiger partial charge in [-0.3, -0.25) is 4.79 Å². The first kappa shape index (κ1) is 16.0. The molecule has 1 N–H and O–H groups in total. The first-order valence-corrected chi connectivity index (χ1v) is 7.67. The number of benzene rings is 1. The van der Waals surface area contributed by atoms with Crippen LogP contribution in [-0.4, -0.2) is 5.91 Å². The van der Waals surface area contributed by atoms with Crippen molar-refractivity contribution in [1.29, 1.82) is 0 Å². The minimum atomic E-state index is -4.48. The Kier molecular flexibility index (Phi) is 4.73. The van der Waals surface area contributed by atoms with Crippen LogP contribution < -0.4 is 5.32 Å². The SMILES string of the molecule is CC(NC(=O)c1cc(C(F)(F)F)ccc1Br)c1cccs1. The van der Waals surface area contributed by atoms with Crippen molar-refractivity contribution in [1.82, 2.24) is 5.32 Å². The van der Waals surface area contributed by atoms with E-state index in [0.29, 0.717) is 4.47 Å². The number of hydrogen-bond donors (Lipinski definition) is 1. The van der Waals surface area contributed by atoms with Crippen LogP contribution in [0, 0.1) is 0 Å². The zero-order valence-electron chi connectivity index (χ0n) is 10.9. The molecule has 1 heterocycles. The highest BCUT2D eigenvalue weighted by Crippen LogP contribution is 2.32. The molecule has 0 fully saturated rings. The number of halogens is 4. The average Bonchev–Trinajstić information content (AvgIpc) is 2.91. The molecule has 1 aromatic carbocycles. The summed E-state index contributed by atoms with van der Waals surface area (Å²) >= 11 is 4.58. The van der Waals surface area contributed by atoms with Crippen LogP contribution in [0.2, 0.25) is 0 Å². The van der Waals surface area contributed by atoms with Crippen molar-refractivity contribution in [3.05, 3.63) is 56.2 Å². The molecule has 0 saturated heterocycles. The molecule has 0 aliphatic heterocycles. The number of carbonyl (C=O) groups excluding carboxylic acids is 1. The summed E-state index contributed by atoms with van der Waals surface area (Å²) in [6.45, 7) is 1.78. The molecule has 2 aromatic rings. The highest BCUT2D eigenvalue weighted by atomic mass is 79.9. The van der Waals surface area contributed by atoms with Crippen LogP contribution in [0.5, 0.6) is 0 Å². The molecule has 112 valence electrons. The fourth-order valence-corrected chi connectivity index (χ4v) is 2.92. The normalized spacial score (nSPS) is 13.0. The van der Waals surface area contributed by atoms with Crippen LogP contribution in [0.3, 0.4) is 0 Å². The highest BCUT2D eigenvalue weighted by molar-refractivity contribution is 9.10. The van der Waals surface area contributed by atoms with E-state index in [1.165, 1.54) is 17.4 Å². The Morgan fingerprint density at radius 2 is 2.05 bits per heavy atom. The van der Waals surface area contributed by atoms with Gasteiger partial charge in [-0.05, 0) is 52.5 Å². The average molecular weight is 378 g/mol. The van der Waals surface area contributed by atoms with E-state index < -0.39 is 17.6 Å². The maximum Gasteiger partial charge on any atom is 0.416 e. The second kappa shape index (κ2) is 6.19. The molecule has 0 aliphatic rings. The Labute approximate surface area is 132 Å². The fourth-order valence-electron chi connectivity index (χ4n) is 1.76. The molecular weight excluding hydrogens is 367 g/mol. The maximum absolute atomic E-state index is 12.7. The van der Waals surface area contributed by atoms with Gasteiger partial charge in [-0.25, -0.2) is 0 Å². The minimum absolute atomic E-state index is 0.0340. The van der Waals surface area contributed by atoms with Gasteiger partial charge >= 0.3 is 6.18 Å². The van der Waals surface area contributed by atoms with Gasteiger partial charge in [0.2, 0.25) is 0 Å². The van der Waals surface area contributed by atoms with Gasteiger partial charge in [0.15, 0.2) is 0 Å². The standard InChI is InChI=1S/C14H11BrF3NOS/c1-8(12-3-2-6-21-12)19-13(20)10-7-9(14(16,17)18)4-5-11(10)15/h2-8H,1H3,(H,19,20). The molecule has 0 spiro atoms. The molecule has 0 radical (unpaired) electrons. The van der Waals surface area contributed by atoms with E-state index in [4.69, 9.17) is 0 Å². The fraction of sp³-hybridized carbons (Fsp3) is 0.214. The van der Waals surface area contributed by atoms with Crippen LogP contribution in [0.4, 0.5) is 13.2 Å². The van der Waals surface area contributed by atoms with Crippen LogP contribution in [0.1, 0.15) is 33.8 Å². The Bertz CT molecular complexity index is 640. The lowest BCUT2D eigenvalue weighted by Crippen LogP contribution is -2.26. The van der Waals surface area contributed by atoms with Crippen LogP contribution >= 0.6 is 27.3 Å². The third-order valence-electron chi connectivity index (χ3n) is 2.86. The lowest BCUT2D eigenvalue weighted by molar-refractivity contribution is -0.137. The Morgan fingerprint density at radius 3 is 2.62 bits per heavy atom. The van der Waals surface area contributed by atoms with E-state index in [1.54, 1.807) is 6.92 Å². The van der Waals surface area contributed by atoms with Gasteiger partial charge in [0, 0.05) is 9.35 Å². The molecule has 0 aliphatic carbocycles. The summed E-state index contributed by atoms with van der Waals surface area (Å²) < 4.78 is 38.4. The first-order valence-electron chi connectivity index (χ1n) is 6.00. The molecule has 0 bridgehead atoms. The molecule has 1 aromatic heterocycles. The van der Waals surface area contributed by atoms with Crippen LogP contribution in [-0.2, 0) is 6.18 Å².